The van der Waals surface area contributed by atoms with Gasteiger partial charge in [0, 0.05) is 11.4 Å². The zero-order chi connectivity index (χ0) is 21.9. The molecule has 3 rings (SSSR count). The molecule has 0 spiro atoms. The predicted octanol–water partition coefficient (Wildman–Crippen LogP) is 2.23. The van der Waals surface area contributed by atoms with Crippen molar-refractivity contribution in [1.82, 2.24) is 8.87 Å². The van der Waals surface area contributed by atoms with Crippen molar-refractivity contribution in [2.24, 2.45) is 4.99 Å². The van der Waals surface area contributed by atoms with Crippen LogP contribution in [0.3, 0.4) is 0 Å². The number of nitrogens with zero attached hydrogens (tertiary/aromatic N) is 3. The SMILES string of the molecule is CCOC(=O)Cn1c(=NC(=O)C2CCCCN2S(C)(=O)=O)sc2cc(SC)ccc21. The molecule has 0 bridgehead atoms. The van der Waals surface area contributed by atoms with Gasteiger partial charge in [-0.05, 0) is 44.2 Å². The molecule has 1 saturated heterocycles. The maximum atomic E-state index is 13.0. The van der Waals surface area contributed by atoms with E-state index >= 15 is 0 Å². The van der Waals surface area contributed by atoms with Crippen molar-refractivity contribution in [2.45, 2.75) is 43.7 Å². The first-order valence-corrected chi connectivity index (χ1v) is 13.5. The largest absolute Gasteiger partial charge is 0.465 e. The molecule has 8 nitrogen and oxygen atoms in total. The molecule has 1 unspecified atom stereocenters. The summed E-state index contributed by atoms with van der Waals surface area (Å²) in [6.45, 7) is 2.24. The van der Waals surface area contributed by atoms with Crippen LogP contribution in [0.15, 0.2) is 28.1 Å². The molecule has 1 aromatic heterocycles. The van der Waals surface area contributed by atoms with Crippen LogP contribution in [0.2, 0.25) is 0 Å². The van der Waals surface area contributed by atoms with Crippen LogP contribution in [0.5, 0.6) is 0 Å². The van der Waals surface area contributed by atoms with Gasteiger partial charge in [-0.15, -0.1) is 11.8 Å². The van der Waals surface area contributed by atoms with E-state index in [1.54, 1.807) is 23.3 Å². The highest BCUT2D eigenvalue weighted by atomic mass is 32.2. The highest BCUT2D eigenvalue weighted by Crippen LogP contribution is 2.25. The number of carbonyl (C=O) groups is 2. The Morgan fingerprint density at radius 3 is 2.77 bits per heavy atom. The molecule has 30 heavy (non-hydrogen) atoms. The van der Waals surface area contributed by atoms with E-state index in [0.29, 0.717) is 17.8 Å². The second-order valence-corrected chi connectivity index (χ2v) is 10.8. The van der Waals surface area contributed by atoms with Gasteiger partial charge in [-0.25, -0.2) is 8.42 Å². The Labute approximate surface area is 184 Å². The molecule has 11 heteroatoms. The molecule has 0 radical (unpaired) electrons. The van der Waals surface area contributed by atoms with Crippen LogP contribution in [-0.4, -0.2) is 60.9 Å². The number of esters is 1. The predicted molar refractivity (Wildman–Crippen MR) is 118 cm³/mol. The Morgan fingerprint density at radius 2 is 2.10 bits per heavy atom. The first-order chi connectivity index (χ1) is 14.2. The van der Waals surface area contributed by atoms with E-state index in [2.05, 4.69) is 4.99 Å². The normalized spacial score (nSPS) is 18.6. The van der Waals surface area contributed by atoms with Crippen LogP contribution >= 0.6 is 23.1 Å². The van der Waals surface area contributed by atoms with Crippen molar-refractivity contribution in [1.29, 1.82) is 0 Å². The average molecular weight is 472 g/mol. The number of hydrogen-bond acceptors (Lipinski definition) is 7. The van der Waals surface area contributed by atoms with E-state index in [4.69, 9.17) is 4.74 Å². The van der Waals surface area contributed by atoms with Gasteiger partial charge in [-0.1, -0.05) is 17.8 Å². The van der Waals surface area contributed by atoms with Gasteiger partial charge in [-0.2, -0.15) is 9.30 Å². The molecule has 1 amide bonds. The van der Waals surface area contributed by atoms with Crippen LogP contribution in [0.25, 0.3) is 10.2 Å². The molecule has 0 aliphatic carbocycles. The fraction of sp³-hybridized carbons (Fsp3) is 0.526. The van der Waals surface area contributed by atoms with E-state index in [-0.39, 0.29) is 13.2 Å². The lowest BCUT2D eigenvalue weighted by Crippen LogP contribution is -2.47. The van der Waals surface area contributed by atoms with Gasteiger partial charge < -0.3 is 9.30 Å². The highest BCUT2D eigenvalue weighted by Gasteiger charge is 2.34. The number of thiazole rings is 1. The standard InChI is InChI=1S/C19H25N3O5S3/c1-4-27-17(23)12-21-14-9-8-13(28-2)11-16(14)29-19(21)20-18(24)15-7-5-6-10-22(15)30(3,25)26/h8-9,11,15H,4-7,10,12H2,1-3H3. The summed E-state index contributed by atoms with van der Waals surface area (Å²) in [5, 5.41) is 0. The Bertz CT molecular complexity index is 1120. The van der Waals surface area contributed by atoms with Crippen LogP contribution in [0, 0.1) is 0 Å². The molecule has 164 valence electrons. The summed E-state index contributed by atoms with van der Waals surface area (Å²) in [4.78, 5) is 30.8. The molecule has 1 aliphatic heterocycles. The summed E-state index contributed by atoms with van der Waals surface area (Å²) >= 11 is 2.90. The number of piperidine rings is 1. The minimum Gasteiger partial charge on any atom is -0.465 e. The first-order valence-electron chi connectivity index (χ1n) is 9.63. The van der Waals surface area contributed by atoms with Crippen LogP contribution in [-0.2, 0) is 30.9 Å². The molecule has 0 saturated carbocycles. The molecule has 1 aliphatic rings. The van der Waals surface area contributed by atoms with Crippen LogP contribution in [0.4, 0.5) is 0 Å². The molecule has 1 atom stereocenters. The monoisotopic (exact) mass is 471 g/mol. The number of benzene rings is 1. The third-order valence-electron chi connectivity index (χ3n) is 4.85. The number of rotatable bonds is 6. The molecule has 0 N–H and O–H groups in total. The highest BCUT2D eigenvalue weighted by molar-refractivity contribution is 7.98. The van der Waals surface area contributed by atoms with Crippen LogP contribution in [0.1, 0.15) is 26.2 Å². The number of sulfonamides is 1. The zero-order valence-corrected chi connectivity index (χ0v) is 19.6. The maximum Gasteiger partial charge on any atom is 0.326 e. The Balaban J connectivity index is 2.07. The van der Waals surface area contributed by atoms with Crippen molar-refractivity contribution in [3.8, 4) is 0 Å². The number of ether oxygens (including phenoxy) is 1. The van der Waals surface area contributed by atoms with Gasteiger partial charge in [0.15, 0.2) is 4.80 Å². The number of thioether (sulfide) groups is 1. The summed E-state index contributed by atoms with van der Waals surface area (Å²) in [6, 6.07) is 5.01. The number of fused-ring (bicyclic) bond motifs is 1. The number of carbonyl (C=O) groups excluding carboxylic acids is 2. The molecule has 1 aromatic carbocycles. The van der Waals surface area contributed by atoms with Gasteiger partial charge in [0.25, 0.3) is 5.91 Å². The molecular formula is C19H25N3O5S3. The molecule has 2 heterocycles. The number of hydrogen-bond donors (Lipinski definition) is 0. The smallest absolute Gasteiger partial charge is 0.326 e. The minimum atomic E-state index is -3.51. The summed E-state index contributed by atoms with van der Waals surface area (Å²) < 4.78 is 33.1. The lowest BCUT2D eigenvalue weighted by atomic mass is 10.0. The van der Waals surface area contributed by atoms with E-state index in [1.165, 1.54) is 15.6 Å². The van der Waals surface area contributed by atoms with Crippen LogP contribution < -0.4 is 4.80 Å². The van der Waals surface area contributed by atoms with Crippen molar-refractivity contribution in [2.75, 3.05) is 25.7 Å². The Hall–Kier alpha value is -1.69. The fourth-order valence-corrected chi connectivity index (χ4v) is 6.18. The van der Waals surface area contributed by atoms with Crippen molar-refractivity contribution < 1.29 is 22.7 Å². The molecule has 1 fully saturated rings. The first kappa shape index (κ1) is 23.0. The average Bonchev–Trinajstić information content (AvgIpc) is 3.03. The van der Waals surface area contributed by atoms with E-state index in [0.717, 1.165) is 34.2 Å². The van der Waals surface area contributed by atoms with E-state index < -0.39 is 27.9 Å². The topological polar surface area (TPSA) is 98.0 Å². The van der Waals surface area contributed by atoms with Gasteiger partial charge in [0.2, 0.25) is 10.0 Å². The summed E-state index contributed by atoms with van der Waals surface area (Å²) in [5.41, 5.74) is 0.779. The Morgan fingerprint density at radius 1 is 1.33 bits per heavy atom. The second-order valence-electron chi connectivity index (χ2n) is 6.94. The van der Waals surface area contributed by atoms with Crippen molar-refractivity contribution >= 4 is 55.2 Å². The summed E-state index contributed by atoms with van der Waals surface area (Å²) in [7, 11) is -3.51. The van der Waals surface area contributed by atoms with Gasteiger partial charge >= 0.3 is 5.97 Å². The lowest BCUT2D eigenvalue weighted by molar-refractivity contribution is -0.143. The molecule has 2 aromatic rings. The summed E-state index contributed by atoms with van der Waals surface area (Å²) in [5.74, 6) is -0.926. The lowest BCUT2D eigenvalue weighted by Gasteiger charge is -2.31. The van der Waals surface area contributed by atoms with Gasteiger partial charge in [0.1, 0.15) is 12.6 Å². The quantitative estimate of drug-likeness (QED) is 0.473. The molecular weight excluding hydrogens is 446 g/mol. The van der Waals surface area contributed by atoms with Crippen molar-refractivity contribution in [3.63, 3.8) is 0 Å². The summed E-state index contributed by atoms with van der Waals surface area (Å²) in [6.07, 6.45) is 5.02. The van der Waals surface area contributed by atoms with E-state index in [9.17, 15) is 18.0 Å². The fourth-order valence-electron chi connectivity index (χ4n) is 3.47. The number of aromatic nitrogens is 1. The van der Waals surface area contributed by atoms with Crippen molar-refractivity contribution in [3.05, 3.63) is 23.0 Å². The third kappa shape index (κ3) is 5.13. The van der Waals surface area contributed by atoms with E-state index in [1.807, 2.05) is 24.5 Å². The Kier molecular flexibility index (Phi) is 7.38. The third-order valence-corrected chi connectivity index (χ3v) is 7.91. The second kappa shape index (κ2) is 9.63. The maximum absolute atomic E-state index is 13.0. The van der Waals surface area contributed by atoms with Gasteiger partial charge in [0.05, 0.1) is 23.1 Å². The zero-order valence-electron chi connectivity index (χ0n) is 17.2. The minimum absolute atomic E-state index is 0.0704. The van der Waals surface area contributed by atoms with Gasteiger partial charge in [-0.3, -0.25) is 9.59 Å². The number of amides is 1.